The number of carbonyl (C=O) groups excluding carboxylic acids is 2. The number of anilines is 1. The molecule has 0 aliphatic heterocycles. The molecule has 0 aliphatic carbocycles. The Labute approximate surface area is 211 Å². The summed E-state index contributed by atoms with van der Waals surface area (Å²) in [6.07, 6.45) is 1.76. The van der Waals surface area contributed by atoms with Gasteiger partial charge >= 0.3 is 0 Å². The molecule has 2 N–H and O–H groups in total. The van der Waals surface area contributed by atoms with Crippen LogP contribution in [0.1, 0.15) is 52.8 Å². The van der Waals surface area contributed by atoms with Crippen LogP contribution >= 0.6 is 11.8 Å². The molecule has 0 saturated heterocycles. The van der Waals surface area contributed by atoms with Crippen molar-refractivity contribution in [3.05, 3.63) is 83.2 Å². The number of nitrogens with one attached hydrogen (secondary N) is 2. The standard InChI is InChI=1S/C27H33N5O2S/c1-7-14-32-25(24(17(2)3)29-26(34)21-11-8-18(4)9-12-21)30-31-27(32)35-16-23(33)28-22-13-10-19(5)20(6)15-22/h7-13,15,17,24H,1,14,16H2,2-6H3,(H,28,33)(H,29,34)/t24-/m1/s1. The Hall–Kier alpha value is -3.39. The minimum Gasteiger partial charge on any atom is -0.342 e. The van der Waals surface area contributed by atoms with Gasteiger partial charge in [-0.3, -0.25) is 9.59 Å². The maximum atomic E-state index is 12.9. The maximum absolute atomic E-state index is 12.9. The highest BCUT2D eigenvalue weighted by Crippen LogP contribution is 2.26. The Balaban J connectivity index is 1.74. The number of thioether (sulfide) groups is 1. The Morgan fingerprint density at radius 2 is 1.77 bits per heavy atom. The summed E-state index contributed by atoms with van der Waals surface area (Å²) >= 11 is 1.31. The van der Waals surface area contributed by atoms with Gasteiger partial charge < -0.3 is 15.2 Å². The lowest BCUT2D eigenvalue weighted by Crippen LogP contribution is -2.33. The zero-order valence-corrected chi connectivity index (χ0v) is 21.8. The van der Waals surface area contributed by atoms with Gasteiger partial charge in [-0.2, -0.15) is 0 Å². The third-order valence-electron chi connectivity index (χ3n) is 5.73. The van der Waals surface area contributed by atoms with Gasteiger partial charge in [0.15, 0.2) is 11.0 Å². The number of rotatable bonds is 10. The van der Waals surface area contributed by atoms with Crippen molar-refractivity contribution in [1.29, 1.82) is 0 Å². The molecule has 2 amide bonds. The number of benzene rings is 2. The predicted octanol–water partition coefficient (Wildman–Crippen LogP) is 5.25. The van der Waals surface area contributed by atoms with E-state index in [0.29, 0.717) is 23.1 Å². The first-order valence-corrected chi connectivity index (χ1v) is 12.6. The van der Waals surface area contributed by atoms with Gasteiger partial charge in [0, 0.05) is 17.8 Å². The molecule has 1 heterocycles. The zero-order valence-electron chi connectivity index (χ0n) is 21.0. The normalized spacial score (nSPS) is 11.8. The molecular weight excluding hydrogens is 458 g/mol. The van der Waals surface area contributed by atoms with Crippen LogP contribution in [0.25, 0.3) is 0 Å². The molecule has 0 aliphatic rings. The van der Waals surface area contributed by atoms with E-state index in [-0.39, 0.29) is 29.5 Å². The van der Waals surface area contributed by atoms with E-state index in [2.05, 4.69) is 27.4 Å². The number of hydrogen-bond donors (Lipinski definition) is 2. The summed E-state index contributed by atoms with van der Waals surface area (Å²) in [7, 11) is 0. The van der Waals surface area contributed by atoms with Gasteiger partial charge in [-0.1, -0.05) is 55.4 Å². The fourth-order valence-corrected chi connectivity index (χ4v) is 4.30. The van der Waals surface area contributed by atoms with E-state index in [1.807, 2.05) is 81.7 Å². The van der Waals surface area contributed by atoms with Crippen LogP contribution in [0.15, 0.2) is 60.3 Å². The van der Waals surface area contributed by atoms with Crippen LogP contribution in [0.5, 0.6) is 0 Å². The minimum atomic E-state index is -0.352. The number of aryl methyl sites for hydroxylation is 3. The highest BCUT2D eigenvalue weighted by Gasteiger charge is 2.26. The van der Waals surface area contributed by atoms with E-state index >= 15 is 0 Å². The van der Waals surface area contributed by atoms with E-state index in [1.165, 1.54) is 17.3 Å². The van der Waals surface area contributed by atoms with E-state index in [9.17, 15) is 9.59 Å². The lowest BCUT2D eigenvalue weighted by atomic mass is 10.0. The Bertz CT molecular complexity index is 1200. The lowest BCUT2D eigenvalue weighted by molar-refractivity contribution is -0.113. The molecule has 8 heteroatoms. The second-order valence-corrected chi connectivity index (χ2v) is 9.88. The fourth-order valence-electron chi connectivity index (χ4n) is 3.54. The van der Waals surface area contributed by atoms with Crippen molar-refractivity contribution in [3.8, 4) is 0 Å². The zero-order chi connectivity index (χ0) is 25.5. The van der Waals surface area contributed by atoms with Crippen molar-refractivity contribution >= 4 is 29.3 Å². The van der Waals surface area contributed by atoms with Crippen molar-refractivity contribution in [2.75, 3.05) is 11.1 Å². The second kappa shape index (κ2) is 11.8. The molecule has 1 aromatic heterocycles. The summed E-state index contributed by atoms with van der Waals surface area (Å²) in [5, 5.41) is 15.4. The molecule has 35 heavy (non-hydrogen) atoms. The van der Waals surface area contributed by atoms with Crippen LogP contribution in [0.2, 0.25) is 0 Å². The smallest absolute Gasteiger partial charge is 0.251 e. The second-order valence-electron chi connectivity index (χ2n) is 8.94. The molecule has 2 aromatic carbocycles. The van der Waals surface area contributed by atoms with Crippen LogP contribution in [-0.4, -0.2) is 32.3 Å². The van der Waals surface area contributed by atoms with E-state index in [1.54, 1.807) is 6.08 Å². The van der Waals surface area contributed by atoms with Crippen LogP contribution < -0.4 is 10.6 Å². The number of carbonyl (C=O) groups is 2. The van der Waals surface area contributed by atoms with E-state index in [4.69, 9.17) is 0 Å². The van der Waals surface area contributed by atoms with Gasteiger partial charge in [-0.15, -0.1) is 16.8 Å². The molecule has 0 fully saturated rings. The molecule has 3 rings (SSSR count). The quantitative estimate of drug-likeness (QED) is 0.299. The highest BCUT2D eigenvalue weighted by molar-refractivity contribution is 7.99. The topological polar surface area (TPSA) is 88.9 Å². The van der Waals surface area contributed by atoms with Crippen molar-refractivity contribution in [2.45, 2.75) is 52.4 Å². The Morgan fingerprint density at radius 1 is 1.06 bits per heavy atom. The van der Waals surface area contributed by atoms with Crippen LogP contribution in [0.4, 0.5) is 5.69 Å². The van der Waals surface area contributed by atoms with Gasteiger partial charge in [0.25, 0.3) is 5.91 Å². The Kier molecular flexibility index (Phi) is 8.87. The lowest BCUT2D eigenvalue weighted by Gasteiger charge is -2.22. The van der Waals surface area contributed by atoms with Crippen LogP contribution in [0, 0.1) is 26.7 Å². The summed E-state index contributed by atoms with van der Waals surface area (Å²) in [4.78, 5) is 25.5. The summed E-state index contributed by atoms with van der Waals surface area (Å²) < 4.78 is 1.90. The monoisotopic (exact) mass is 491 g/mol. The largest absolute Gasteiger partial charge is 0.342 e. The molecular formula is C27H33N5O2S. The van der Waals surface area contributed by atoms with Crippen LogP contribution in [-0.2, 0) is 11.3 Å². The summed E-state index contributed by atoms with van der Waals surface area (Å²) in [6.45, 7) is 14.4. The molecule has 1 atom stereocenters. The SMILES string of the molecule is C=CCn1c(SCC(=O)Nc2ccc(C)c(C)c2)nnc1[C@H](NC(=O)c1ccc(C)cc1)C(C)C. The van der Waals surface area contributed by atoms with Gasteiger partial charge in [-0.05, 0) is 62.1 Å². The molecule has 0 spiro atoms. The molecule has 0 bridgehead atoms. The molecule has 0 unspecified atom stereocenters. The molecule has 184 valence electrons. The average Bonchev–Trinajstić information content (AvgIpc) is 3.21. The summed E-state index contributed by atoms with van der Waals surface area (Å²) in [5.41, 5.74) is 4.75. The number of hydrogen-bond acceptors (Lipinski definition) is 5. The molecule has 0 saturated carbocycles. The fraction of sp³-hybridized carbons (Fsp3) is 0.333. The summed E-state index contributed by atoms with van der Waals surface area (Å²) in [5.74, 6) is 0.602. The minimum absolute atomic E-state index is 0.0723. The first-order chi connectivity index (χ1) is 16.7. The third kappa shape index (κ3) is 6.82. The van der Waals surface area contributed by atoms with Crippen LogP contribution in [0.3, 0.4) is 0 Å². The Morgan fingerprint density at radius 3 is 2.40 bits per heavy atom. The maximum Gasteiger partial charge on any atom is 0.251 e. The van der Waals surface area contributed by atoms with Gasteiger partial charge in [-0.25, -0.2) is 0 Å². The van der Waals surface area contributed by atoms with E-state index in [0.717, 1.165) is 16.8 Å². The molecule has 7 nitrogen and oxygen atoms in total. The van der Waals surface area contributed by atoms with Crippen molar-refractivity contribution in [2.24, 2.45) is 5.92 Å². The number of amides is 2. The average molecular weight is 492 g/mol. The number of allylic oxidation sites excluding steroid dienone is 1. The third-order valence-corrected chi connectivity index (χ3v) is 6.69. The summed E-state index contributed by atoms with van der Waals surface area (Å²) in [6, 6.07) is 12.9. The van der Waals surface area contributed by atoms with Crippen molar-refractivity contribution < 1.29 is 9.59 Å². The highest BCUT2D eigenvalue weighted by atomic mass is 32.2. The van der Waals surface area contributed by atoms with Gasteiger partial charge in [0.05, 0.1) is 11.8 Å². The van der Waals surface area contributed by atoms with Crippen molar-refractivity contribution in [1.82, 2.24) is 20.1 Å². The van der Waals surface area contributed by atoms with Crippen molar-refractivity contribution in [3.63, 3.8) is 0 Å². The van der Waals surface area contributed by atoms with Gasteiger partial charge in [0.1, 0.15) is 0 Å². The van der Waals surface area contributed by atoms with Gasteiger partial charge in [0.2, 0.25) is 5.91 Å². The number of aromatic nitrogens is 3. The predicted molar refractivity (Wildman–Crippen MR) is 142 cm³/mol. The first kappa shape index (κ1) is 26.2. The van der Waals surface area contributed by atoms with E-state index < -0.39 is 0 Å². The molecule has 3 aromatic rings. The molecule has 0 radical (unpaired) electrons. The first-order valence-electron chi connectivity index (χ1n) is 11.6. The number of nitrogens with zero attached hydrogens (tertiary/aromatic N) is 3.